The van der Waals surface area contributed by atoms with Gasteiger partial charge in [-0.1, -0.05) is 0 Å². The van der Waals surface area contributed by atoms with Crippen LogP contribution < -0.4 is 10.5 Å². The first-order chi connectivity index (χ1) is 7.75. The van der Waals surface area contributed by atoms with Crippen LogP contribution in [0.15, 0.2) is 18.2 Å². The summed E-state index contributed by atoms with van der Waals surface area (Å²) in [5.74, 6) is 0.876. The van der Waals surface area contributed by atoms with Crippen LogP contribution in [-0.2, 0) is 4.74 Å². The van der Waals surface area contributed by atoms with Crippen LogP contribution in [0.25, 0.3) is 0 Å². The highest BCUT2D eigenvalue weighted by molar-refractivity contribution is 5.49. The van der Waals surface area contributed by atoms with Gasteiger partial charge in [-0.25, -0.2) is 0 Å². The van der Waals surface area contributed by atoms with E-state index in [1.807, 2.05) is 25.1 Å². The number of ether oxygens (including phenoxy) is 2. The molecule has 88 valence electrons. The van der Waals surface area contributed by atoms with Gasteiger partial charge in [0.15, 0.2) is 0 Å². The molecule has 0 aromatic heterocycles. The van der Waals surface area contributed by atoms with Crippen molar-refractivity contribution in [3.05, 3.63) is 23.8 Å². The van der Waals surface area contributed by atoms with Gasteiger partial charge in [0, 0.05) is 12.3 Å². The monoisotopic (exact) mass is 221 g/mol. The highest BCUT2D eigenvalue weighted by Gasteiger charge is 2.14. The van der Waals surface area contributed by atoms with Gasteiger partial charge in [-0.15, -0.1) is 0 Å². The Kier molecular flexibility index (Phi) is 3.67. The van der Waals surface area contributed by atoms with Crippen molar-refractivity contribution in [2.75, 3.05) is 18.9 Å². The highest BCUT2D eigenvalue weighted by atomic mass is 16.5. The maximum Gasteiger partial charge on any atom is 0.119 e. The lowest BCUT2D eigenvalue weighted by Gasteiger charge is -2.22. The topological polar surface area (TPSA) is 44.5 Å². The third kappa shape index (κ3) is 2.89. The zero-order chi connectivity index (χ0) is 11.4. The molecule has 1 aromatic rings. The minimum Gasteiger partial charge on any atom is -0.491 e. The number of anilines is 1. The van der Waals surface area contributed by atoms with Gasteiger partial charge in [0.1, 0.15) is 12.4 Å². The van der Waals surface area contributed by atoms with E-state index in [2.05, 4.69) is 0 Å². The van der Waals surface area contributed by atoms with Gasteiger partial charge in [0.05, 0.1) is 6.10 Å². The predicted molar refractivity (Wildman–Crippen MR) is 64.7 cm³/mol. The molecule has 1 saturated heterocycles. The number of hydrogen-bond acceptors (Lipinski definition) is 3. The van der Waals surface area contributed by atoms with E-state index in [-0.39, 0.29) is 6.10 Å². The molecule has 0 spiro atoms. The quantitative estimate of drug-likeness (QED) is 0.798. The third-order valence-corrected chi connectivity index (χ3v) is 2.95. The predicted octanol–water partition coefficient (Wildman–Crippen LogP) is 2.53. The Hall–Kier alpha value is -1.22. The smallest absolute Gasteiger partial charge is 0.119 e. The summed E-state index contributed by atoms with van der Waals surface area (Å²) in [6.07, 6.45) is 3.78. The second kappa shape index (κ2) is 5.21. The SMILES string of the molecule is Cc1cc(OC[C@@H]2CCCCO2)ccc1N. The lowest BCUT2D eigenvalue weighted by Crippen LogP contribution is -2.25. The molecule has 0 radical (unpaired) electrons. The Morgan fingerprint density at radius 3 is 3.00 bits per heavy atom. The Morgan fingerprint density at radius 2 is 2.31 bits per heavy atom. The Labute approximate surface area is 96.5 Å². The number of nitrogen functional groups attached to an aromatic ring is 1. The van der Waals surface area contributed by atoms with Crippen molar-refractivity contribution in [1.29, 1.82) is 0 Å². The van der Waals surface area contributed by atoms with Gasteiger partial charge in [0.2, 0.25) is 0 Å². The van der Waals surface area contributed by atoms with E-state index in [0.717, 1.165) is 30.0 Å². The molecule has 0 unspecified atom stereocenters. The summed E-state index contributed by atoms with van der Waals surface area (Å²) in [6.45, 7) is 3.50. The number of rotatable bonds is 3. The fraction of sp³-hybridized carbons (Fsp3) is 0.538. The van der Waals surface area contributed by atoms with Crippen LogP contribution in [0.1, 0.15) is 24.8 Å². The normalized spacial score (nSPS) is 20.7. The summed E-state index contributed by atoms with van der Waals surface area (Å²) in [5.41, 5.74) is 7.61. The van der Waals surface area contributed by atoms with Crippen LogP contribution in [0, 0.1) is 6.92 Å². The Morgan fingerprint density at radius 1 is 1.44 bits per heavy atom. The molecular weight excluding hydrogens is 202 g/mol. The van der Waals surface area contributed by atoms with E-state index >= 15 is 0 Å². The van der Waals surface area contributed by atoms with Crippen molar-refractivity contribution in [3.8, 4) is 5.75 Å². The molecular formula is C13H19NO2. The number of benzene rings is 1. The molecule has 0 aliphatic carbocycles. The van der Waals surface area contributed by atoms with Crippen molar-refractivity contribution in [2.45, 2.75) is 32.3 Å². The fourth-order valence-electron chi connectivity index (χ4n) is 1.87. The van der Waals surface area contributed by atoms with Crippen LogP contribution in [-0.4, -0.2) is 19.3 Å². The number of aryl methyl sites for hydroxylation is 1. The summed E-state index contributed by atoms with van der Waals surface area (Å²) < 4.78 is 11.3. The summed E-state index contributed by atoms with van der Waals surface area (Å²) in [5, 5.41) is 0. The van der Waals surface area contributed by atoms with Gasteiger partial charge in [-0.2, -0.15) is 0 Å². The lowest BCUT2D eigenvalue weighted by atomic mass is 10.1. The zero-order valence-corrected chi connectivity index (χ0v) is 9.74. The lowest BCUT2D eigenvalue weighted by molar-refractivity contribution is -0.0110. The largest absolute Gasteiger partial charge is 0.491 e. The van der Waals surface area contributed by atoms with E-state index in [9.17, 15) is 0 Å². The van der Waals surface area contributed by atoms with Gasteiger partial charge in [-0.3, -0.25) is 0 Å². The van der Waals surface area contributed by atoms with Gasteiger partial charge in [-0.05, 0) is 49.9 Å². The van der Waals surface area contributed by atoms with E-state index in [1.54, 1.807) is 0 Å². The summed E-state index contributed by atoms with van der Waals surface area (Å²) in [4.78, 5) is 0. The second-order valence-electron chi connectivity index (χ2n) is 4.32. The maximum atomic E-state index is 5.75. The molecule has 1 atom stereocenters. The van der Waals surface area contributed by atoms with Crippen LogP contribution in [0.4, 0.5) is 5.69 Å². The first-order valence-electron chi connectivity index (χ1n) is 5.86. The molecule has 1 aliphatic heterocycles. The van der Waals surface area contributed by atoms with E-state index in [1.165, 1.54) is 12.8 Å². The van der Waals surface area contributed by atoms with E-state index in [4.69, 9.17) is 15.2 Å². The van der Waals surface area contributed by atoms with Crippen molar-refractivity contribution in [3.63, 3.8) is 0 Å². The van der Waals surface area contributed by atoms with E-state index in [0.29, 0.717) is 6.61 Å². The molecule has 1 fully saturated rings. The summed E-state index contributed by atoms with van der Waals surface area (Å²) in [7, 11) is 0. The van der Waals surface area contributed by atoms with Crippen LogP contribution >= 0.6 is 0 Å². The van der Waals surface area contributed by atoms with Crippen molar-refractivity contribution >= 4 is 5.69 Å². The zero-order valence-electron chi connectivity index (χ0n) is 9.74. The van der Waals surface area contributed by atoms with Crippen molar-refractivity contribution < 1.29 is 9.47 Å². The number of hydrogen-bond donors (Lipinski definition) is 1. The van der Waals surface area contributed by atoms with Crippen LogP contribution in [0.2, 0.25) is 0 Å². The molecule has 1 heterocycles. The molecule has 0 bridgehead atoms. The van der Waals surface area contributed by atoms with Gasteiger partial charge >= 0.3 is 0 Å². The molecule has 0 amide bonds. The fourth-order valence-corrected chi connectivity index (χ4v) is 1.87. The molecule has 2 N–H and O–H groups in total. The van der Waals surface area contributed by atoms with E-state index < -0.39 is 0 Å². The number of nitrogens with two attached hydrogens (primary N) is 1. The molecule has 1 aliphatic rings. The standard InChI is InChI=1S/C13H19NO2/c1-10-8-11(5-6-13(10)14)16-9-12-4-2-3-7-15-12/h5-6,8,12H,2-4,7,9,14H2,1H3/t12-/m0/s1. The van der Waals surface area contributed by atoms with Crippen LogP contribution in [0.3, 0.4) is 0 Å². The molecule has 1 aromatic carbocycles. The summed E-state index contributed by atoms with van der Waals surface area (Å²) in [6, 6.07) is 5.76. The first-order valence-corrected chi connectivity index (χ1v) is 5.86. The minimum absolute atomic E-state index is 0.256. The molecule has 3 heteroatoms. The average molecular weight is 221 g/mol. The molecule has 16 heavy (non-hydrogen) atoms. The maximum absolute atomic E-state index is 5.75. The van der Waals surface area contributed by atoms with Gasteiger partial charge < -0.3 is 15.2 Å². The molecule has 0 saturated carbocycles. The highest BCUT2D eigenvalue weighted by Crippen LogP contribution is 2.20. The minimum atomic E-state index is 0.256. The van der Waals surface area contributed by atoms with Crippen molar-refractivity contribution in [2.24, 2.45) is 0 Å². The summed E-state index contributed by atoms with van der Waals surface area (Å²) >= 11 is 0. The molecule has 3 nitrogen and oxygen atoms in total. The Balaban J connectivity index is 1.86. The average Bonchev–Trinajstić information content (AvgIpc) is 2.32. The second-order valence-corrected chi connectivity index (χ2v) is 4.32. The van der Waals surface area contributed by atoms with Crippen molar-refractivity contribution in [1.82, 2.24) is 0 Å². The third-order valence-electron chi connectivity index (χ3n) is 2.95. The molecule has 2 rings (SSSR count). The first kappa shape index (κ1) is 11.3. The Bertz CT molecular complexity index is 346. The van der Waals surface area contributed by atoms with Gasteiger partial charge in [0.25, 0.3) is 0 Å². The van der Waals surface area contributed by atoms with Crippen LogP contribution in [0.5, 0.6) is 5.75 Å².